The molecule has 0 bridgehead atoms. The first-order valence-electron chi connectivity index (χ1n) is 8.42. The van der Waals surface area contributed by atoms with Gasteiger partial charge in [-0.15, -0.1) is 11.3 Å². The number of benzene rings is 1. The van der Waals surface area contributed by atoms with Gasteiger partial charge >= 0.3 is 0 Å². The van der Waals surface area contributed by atoms with Gasteiger partial charge in [-0.25, -0.2) is 4.98 Å². The standard InChI is InChI=1S/C19H18N4OS2/c1-13-15(14-6-3-2-4-7-14)16-17(26-13)21-19(25)23(18(16)24)10-5-9-22-11-8-20-12-22/h2-4,6-8,11-12H,5,9-10H2,1H3,(H,21,25). The molecule has 0 spiro atoms. The summed E-state index contributed by atoms with van der Waals surface area (Å²) in [4.78, 5) is 22.5. The average Bonchev–Trinajstić information content (AvgIpc) is 3.26. The van der Waals surface area contributed by atoms with Gasteiger partial charge in [-0.2, -0.15) is 0 Å². The predicted octanol–water partition coefficient (Wildman–Crippen LogP) is 4.38. The van der Waals surface area contributed by atoms with E-state index in [1.807, 2.05) is 48.0 Å². The third kappa shape index (κ3) is 3.04. The molecule has 3 aromatic heterocycles. The van der Waals surface area contributed by atoms with Crippen molar-refractivity contribution in [3.63, 3.8) is 0 Å². The summed E-state index contributed by atoms with van der Waals surface area (Å²) in [6.45, 7) is 3.42. The number of nitrogens with one attached hydrogen (secondary N) is 1. The Morgan fingerprint density at radius 2 is 2.04 bits per heavy atom. The number of H-pyrrole nitrogens is 1. The molecule has 0 aliphatic carbocycles. The molecule has 26 heavy (non-hydrogen) atoms. The predicted molar refractivity (Wildman–Crippen MR) is 108 cm³/mol. The fourth-order valence-electron chi connectivity index (χ4n) is 3.21. The Labute approximate surface area is 159 Å². The smallest absolute Gasteiger partial charge is 0.263 e. The van der Waals surface area contributed by atoms with Crippen molar-refractivity contribution in [1.29, 1.82) is 0 Å². The summed E-state index contributed by atoms with van der Waals surface area (Å²) < 4.78 is 4.15. The lowest BCUT2D eigenvalue weighted by Gasteiger charge is -2.08. The van der Waals surface area contributed by atoms with E-state index in [-0.39, 0.29) is 5.56 Å². The third-order valence-electron chi connectivity index (χ3n) is 4.43. The first kappa shape index (κ1) is 16.9. The van der Waals surface area contributed by atoms with Crippen molar-refractivity contribution in [3.05, 3.63) is 69.1 Å². The van der Waals surface area contributed by atoms with Crippen LogP contribution < -0.4 is 5.56 Å². The molecule has 0 radical (unpaired) electrons. The molecule has 0 saturated carbocycles. The second kappa shape index (κ2) is 7.01. The van der Waals surface area contributed by atoms with Gasteiger partial charge in [0.1, 0.15) is 4.83 Å². The largest absolute Gasteiger partial charge is 0.337 e. The van der Waals surface area contributed by atoms with Crippen LogP contribution in [0.25, 0.3) is 21.3 Å². The normalized spacial score (nSPS) is 11.3. The molecule has 1 aromatic carbocycles. The van der Waals surface area contributed by atoms with Gasteiger partial charge in [0.05, 0.1) is 11.7 Å². The molecule has 5 nitrogen and oxygen atoms in total. The Kier molecular flexibility index (Phi) is 4.57. The van der Waals surface area contributed by atoms with Gasteiger partial charge in [-0.05, 0) is 31.1 Å². The quantitative estimate of drug-likeness (QED) is 0.521. The minimum Gasteiger partial charge on any atom is -0.337 e. The van der Waals surface area contributed by atoms with Gasteiger partial charge in [0, 0.05) is 35.9 Å². The van der Waals surface area contributed by atoms with E-state index in [2.05, 4.69) is 9.97 Å². The molecule has 4 aromatic rings. The topological polar surface area (TPSA) is 55.6 Å². The molecule has 0 fully saturated rings. The Bertz CT molecular complexity index is 1150. The molecule has 1 N–H and O–H groups in total. The van der Waals surface area contributed by atoms with Crippen LogP contribution in [-0.4, -0.2) is 19.1 Å². The van der Waals surface area contributed by atoms with Crippen molar-refractivity contribution in [2.75, 3.05) is 0 Å². The molecule has 0 unspecified atom stereocenters. The number of thiophene rings is 1. The molecule has 0 saturated heterocycles. The first-order chi connectivity index (χ1) is 12.6. The van der Waals surface area contributed by atoms with Gasteiger partial charge < -0.3 is 9.55 Å². The van der Waals surface area contributed by atoms with E-state index < -0.39 is 0 Å². The van der Waals surface area contributed by atoms with Gasteiger partial charge in [-0.1, -0.05) is 30.3 Å². The lowest BCUT2D eigenvalue weighted by atomic mass is 10.0. The highest BCUT2D eigenvalue weighted by Crippen LogP contribution is 2.35. The Morgan fingerprint density at radius 1 is 1.23 bits per heavy atom. The highest BCUT2D eigenvalue weighted by atomic mass is 32.1. The Morgan fingerprint density at radius 3 is 2.77 bits per heavy atom. The van der Waals surface area contributed by atoms with E-state index in [4.69, 9.17) is 12.2 Å². The van der Waals surface area contributed by atoms with Gasteiger partial charge in [0.25, 0.3) is 5.56 Å². The number of aryl methyl sites for hydroxylation is 2. The van der Waals surface area contributed by atoms with Crippen molar-refractivity contribution in [1.82, 2.24) is 19.1 Å². The van der Waals surface area contributed by atoms with Crippen LogP contribution in [0.1, 0.15) is 11.3 Å². The molecule has 0 aliphatic rings. The van der Waals surface area contributed by atoms with E-state index >= 15 is 0 Å². The van der Waals surface area contributed by atoms with Crippen molar-refractivity contribution < 1.29 is 0 Å². The number of aromatic nitrogens is 4. The summed E-state index contributed by atoms with van der Waals surface area (Å²) in [5.74, 6) is 0. The monoisotopic (exact) mass is 382 g/mol. The van der Waals surface area contributed by atoms with E-state index in [9.17, 15) is 4.79 Å². The summed E-state index contributed by atoms with van der Waals surface area (Å²) in [6.07, 6.45) is 6.26. The molecule has 3 heterocycles. The number of aromatic amines is 1. The van der Waals surface area contributed by atoms with Crippen LogP contribution in [0.4, 0.5) is 0 Å². The minimum absolute atomic E-state index is 0.0161. The van der Waals surface area contributed by atoms with E-state index in [0.717, 1.165) is 39.2 Å². The summed E-state index contributed by atoms with van der Waals surface area (Å²) in [7, 11) is 0. The van der Waals surface area contributed by atoms with E-state index in [1.54, 1.807) is 28.4 Å². The van der Waals surface area contributed by atoms with Gasteiger partial charge in [0.15, 0.2) is 4.77 Å². The van der Waals surface area contributed by atoms with Gasteiger partial charge in [0.2, 0.25) is 0 Å². The molecular formula is C19H18N4OS2. The summed E-state index contributed by atoms with van der Waals surface area (Å²) in [5, 5.41) is 0.731. The number of imidazole rings is 1. The zero-order chi connectivity index (χ0) is 18.1. The zero-order valence-electron chi connectivity index (χ0n) is 14.3. The fraction of sp³-hybridized carbons (Fsp3) is 0.211. The molecule has 132 valence electrons. The van der Waals surface area contributed by atoms with Crippen molar-refractivity contribution in [2.24, 2.45) is 0 Å². The molecular weight excluding hydrogens is 364 g/mol. The van der Waals surface area contributed by atoms with E-state index in [1.165, 1.54) is 0 Å². The second-order valence-electron chi connectivity index (χ2n) is 6.14. The van der Waals surface area contributed by atoms with Crippen LogP contribution in [0.3, 0.4) is 0 Å². The van der Waals surface area contributed by atoms with Gasteiger partial charge in [-0.3, -0.25) is 9.36 Å². The number of hydrogen-bond donors (Lipinski definition) is 1. The van der Waals surface area contributed by atoms with Crippen LogP contribution in [-0.2, 0) is 13.1 Å². The Balaban J connectivity index is 1.77. The van der Waals surface area contributed by atoms with Crippen LogP contribution in [0.2, 0.25) is 0 Å². The lowest BCUT2D eigenvalue weighted by molar-refractivity contribution is 0.546. The van der Waals surface area contributed by atoms with Crippen LogP contribution >= 0.6 is 23.6 Å². The molecule has 0 amide bonds. The molecule has 4 rings (SSSR count). The summed E-state index contributed by atoms with van der Waals surface area (Å²) >= 11 is 7.03. The minimum atomic E-state index is -0.0161. The van der Waals surface area contributed by atoms with Crippen molar-refractivity contribution in [2.45, 2.75) is 26.4 Å². The maximum Gasteiger partial charge on any atom is 0.263 e. The zero-order valence-corrected chi connectivity index (χ0v) is 15.9. The second-order valence-corrected chi connectivity index (χ2v) is 7.76. The maximum absolute atomic E-state index is 13.2. The SMILES string of the molecule is Cc1sc2[nH]c(=S)n(CCCn3ccnc3)c(=O)c2c1-c1ccccc1. The number of rotatable bonds is 5. The lowest BCUT2D eigenvalue weighted by Crippen LogP contribution is -2.22. The third-order valence-corrected chi connectivity index (χ3v) is 5.77. The molecule has 7 heteroatoms. The maximum atomic E-state index is 13.2. The molecule has 0 aliphatic heterocycles. The number of hydrogen-bond acceptors (Lipinski definition) is 4. The number of nitrogens with zero attached hydrogens (tertiary/aromatic N) is 3. The number of fused-ring (bicyclic) bond motifs is 1. The summed E-state index contributed by atoms with van der Waals surface area (Å²) in [6, 6.07) is 10.0. The van der Waals surface area contributed by atoms with Crippen LogP contribution in [0, 0.1) is 11.7 Å². The molecule has 0 atom stereocenters. The fourth-order valence-corrected chi connectivity index (χ4v) is 4.62. The van der Waals surface area contributed by atoms with Crippen LogP contribution in [0.15, 0.2) is 53.8 Å². The highest BCUT2D eigenvalue weighted by molar-refractivity contribution is 7.71. The average molecular weight is 383 g/mol. The first-order valence-corrected chi connectivity index (χ1v) is 9.65. The highest BCUT2D eigenvalue weighted by Gasteiger charge is 2.17. The Hall–Kier alpha value is -2.51. The van der Waals surface area contributed by atoms with Crippen molar-refractivity contribution in [3.8, 4) is 11.1 Å². The van der Waals surface area contributed by atoms with Crippen LogP contribution in [0.5, 0.6) is 0 Å². The van der Waals surface area contributed by atoms with E-state index in [0.29, 0.717) is 11.3 Å². The van der Waals surface area contributed by atoms with Crippen molar-refractivity contribution >= 4 is 33.8 Å². The summed E-state index contributed by atoms with van der Waals surface area (Å²) in [5.41, 5.74) is 2.05.